The van der Waals surface area contributed by atoms with Gasteiger partial charge >= 0.3 is 0 Å². The van der Waals surface area contributed by atoms with Gasteiger partial charge in [0.25, 0.3) is 0 Å². The van der Waals surface area contributed by atoms with Crippen molar-refractivity contribution in [3.63, 3.8) is 0 Å². The minimum Gasteiger partial charge on any atom is -0.315 e. The van der Waals surface area contributed by atoms with Gasteiger partial charge in [-0.25, -0.2) is 0 Å². The van der Waals surface area contributed by atoms with E-state index in [1.165, 1.54) is 45.7 Å². The number of hydrogen-bond donors (Lipinski definition) is 1. The van der Waals surface area contributed by atoms with Crippen molar-refractivity contribution in [2.75, 3.05) is 46.3 Å². The molecule has 0 aromatic carbocycles. The van der Waals surface area contributed by atoms with Crippen molar-refractivity contribution in [1.29, 1.82) is 0 Å². The first kappa shape index (κ1) is 13.3. The van der Waals surface area contributed by atoms with E-state index in [4.69, 9.17) is 0 Å². The standard InChI is InChI=1S/C14H29N3/c1-14(2,3)9-12-10-15-5-6-17-8-7-16(4)11-13(12)17/h12-13,15H,5-11H2,1-4H3. The lowest BCUT2D eigenvalue weighted by Crippen LogP contribution is -2.55. The minimum atomic E-state index is 0.443. The lowest BCUT2D eigenvalue weighted by atomic mass is 9.80. The lowest BCUT2D eigenvalue weighted by Gasteiger charge is -2.43. The van der Waals surface area contributed by atoms with Crippen LogP contribution < -0.4 is 5.32 Å². The SMILES string of the molecule is CN1CCN2CCNCC(CC(C)(C)C)C2C1. The molecule has 2 saturated heterocycles. The molecule has 2 heterocycles. The molecule has 0 saturated carbocycles. The van der Waals surface area contributed by atoms with Crippen LogP contribution in [0.4, 0.5) is 0 Å². The molecule has 17 heavy (non-hydrogen) atoms. The molecule has 2 fully saturated rings. The van der Waals surface area contributed by atoms with Gasteiger partial charge < -0.3 is 10.2 Å². The Kier molecular flexibility index (Phi) is 4.11. The fourth-order valence-corrected chi connectivity index (χ4v) is 3.36. The van der Waals surface area contributed by atoms with Gasteiger partial charge in [-0.1, -0.05) is 20.8 Å². The number of hydrogen-bond acceptors (Lipinski definition) is 3. The van der Waals surface area contributed by atoms with Gasteiger partial charge in [0, 0.05) is 38.8 Å². The molecule has 3 heteroatoms. The summed E-state index contributed by atoms with van der Waals surface area (Å²) in [5.41, 5.74) is 0.443. The molecular weight excluding hydrogens is 210 g/mol. The Morgan fingerprint density at radius 3 is 2.65 bits per heavy atom. The zero-order chi connectivity index (χ0) is 12.5. The van der Waals surface area contributed by atoms with Crippen molar-refractivity contribution >= 4 is 0 Å². The third-order valence-electron chi connectivity index (χ3n) is 4.14. The summed E-state index contributed by atoms with van der Waals surface area (Å²) in [7, 11) is 2.27. The van der Waals surface area contributed by atoms with Crippen LogP contribution >= 0.6 is 0 Å². The summed E-state index contributed by atoms with van der Waals surface area (Å²) in [6.07, 6.45) is 1.33. The van der Waals surface area contributed by atoms with Crippen LogP contribution in [-0.4, -0.2) is 62.2 Å². The summed E-state index contributed by atoms with van der Waals surface area (Å²) < 4.78 is 0. The molecule has 3 nitrogen and oxygen atoms in total. The van der Waals surface area contributed by atoms with Crippen molar-refractivity contribution < 1.29 is 0 Å². The molecule has 0 aliphatic carbocycles. The highest BCUT2D eigenvalue weighted by atomic mass is 15.3. The largest absolute Gasteiger partial charge is 0.315 e. The smallest absolute Gasteiger partial charge is 0.0264 e. The summed E-state index contributed by atoms with van der Waals surface area (Å²) in [4.78, 5) is 5.22. The van der Waals surface area contributed by atoms with Gasteiger partial charge in [-0.15, -0.1) is 0 Å². The first-order chi connectivity index (χ1) is 7.96. The third kappa shape index (κ3) is 3.67. The van der Waals surface area contributed by atoms with Crippen molar-refractivity contribution in [3.05, 3.63) is 0 Å². The number of nitrogens with one attached hydrogen (secondary N) is 1. The zero-order valence-corrected chi connectivity index (χ0v) is 12.0. The average molecular weight is 239 g/mol. The average Bonchev–Trinajstić information content (AvgIpc) is 2.39. The maximum Gasteiger partial charge on any atom is 0.0264 e. The predicted octanol–water partition coefficient (Wildman–Crippen LogP) is 1.26. The van der Waals surface area contributed by atoms with E-state index < -0.39 is 0 Å². The molecule has 0 aromatic heterocycles. The van der Waals surface area contributed by atoms with E-state index in [9.17, 15) is 0 Å². The number of fused-ring (bicyclic) bond motifs is 1. The van der Waals surface area contributed by atoms with Crippen LogP contribution in [0.2, 0.25) is 0 Å². The molecule has 2 aliphatic heterocycles. The maximum absolute atomic E-state index is 3.63. The second-order valence-corrected chi connectivity index (χ2v) is 7.09. The van der Waals surface area contributed by atoms with Gasteiger partial charge in [-0.05, 0) is 31.3 Å². The molecule has 2 atom stereocenters. The molecule has 0 radical (unpaired) electrons. The van der Waals surface area contributed by atoms with Crippen molar-refractivity contribution in [3.8, 4) is 0 Å². The first-order valence-corrected chi connectivity index (χ1v) is 7.09. The quantitative estimate of drug-likeness (QED) is 0.743. The Morgan fingerprint density at radius 2 is 1.94 bits per heavy atom. The van der Waals surface area contributed by atoms with Crippen molar-refractivity contribution in [1.82, 2.24) is 15.1 Å². The molecule has 0 bridgehead atoms. The number of rotatable bonds is 1. The van der Waals surface area contributed by atoms with Crippen LogP contribution in [0.1, 0.15) is 27.2 Å². The zero-order valence-electron chi connectivity index (χ0n) is 12.0. The Hall–Kier alpha value is -0.120. The van der Waals surface area contributed by atoms with Gasteiger partial charge in [0.1, 0.15) is 0 Å². The van der Waals surface area contributed by atoms with Crippen LogP contribution in [-0.2, 0) is 0 Å². The van der Waals surface area contributed by atoms with Gasteiger partial charge in [-0.2, -0.15) is 0 Å². The van der Waals surface area contributed by atoms with Gasteiger partial charge in [0.15, 0.2) is 0 Å². The highest BCUT2D eigenvalue weighted by Crippen LogP contribution is 2.30. The maximum atomic E-state index is 3.63. The highest BCUT2D eigenvalue weighted by Gasteiger charge is 2.35. The van der Waals surface area contributed by atoms with E-state index in [1.807, 2.05) is 0 Å². The minimum absolute atomic E-state index is 0.443. The topological polar surface area (TPSA) is 18.5 Å². The van der Waals surface area contributed by atoms with Crippen LogP contribution in [0, 0.1) is 11.3 Å². The number of nitrogens with zero attached hydrogens (tertiary/aromatic N) is 2. The third-order valence-corrected chi connectivity index (χ3v) is 4.14. The van der Waals surface area contributed by atoms with Crippen LogP contribution in [0.5, 0.6) is 0 Å². The fraction of sp³-hybridized carbons (Fsp3) is 1.00. The molecule has 100 valence electrons. The normalized spacial score (nSPS) is 33.2. The molecule has 0 aromatic rings. The van der Waals surface area contributed by atoms with Crippen molar-refractivity contribution in [2.24, 2.45) is 11.3 Å². The van der Waals surface area contributed by atoms with Crippen LogP contribution in [0.15, 0.2) is 0 Å². The second kappa shape index (κ2) is 5.25. The first-order valence-electron chi connectivity index (χ1n) is 7.09. The Labute approximate surface area is 107 Å². The Morgan fingerprint density at radius 1 is 1.18 bits per heavy atom. The molecule has 0 spiro atoms. The molecular formula is C14H29N3. The number of likely N-dealkylation sites (N-methyl/N-ethyl adjacent to an activating group) is 1. The highest BCUT2D eigenvalue weighted by molar-refractivity contribution is 4.91. The van der Waals surface area contributed by atoms with Crippen LogP contribution in [0.25, 0.3) is 0 Å². The molecule has 2 rings (SSSR count). The second-order valence-electron chi connectivity index (χ2n) is 7.09. The molecule has 0 amide bonds. The Balaban J connectivity index is 2.06. The van der Waals surface area contributed by atoms with Gasteiger partial charge in [0.2, 0.25) is 0 Å². The Bertz CT molecular complexity index is 246. The summed E-state index contributed by atoms with van der Waals surface area (Å²) in [6, 6.07) is 0.767. The molecule has 1 N–H and O–H groups in total. The van der Waals surface area contributed by atoms with Gasteiger partial charge in [0.05, 0.1) is 0 Å². The van der Waals surface area contributed by atoms with E-state index in [-0.39, 0.29) is 0 Å². The predicted molar refractivity (Wildman–Crippen MR) is 73.3 cm³/mol. The summed E-state index contributed by atoms with van der Waals surface area (Å²) in [6.45, 7) is 14.5. The van der Waals surface area contributed by atoms with E-state index in [1.54, 1.807) is 0 Å². The van der Waals surface area contributed by atoms with E-state index in [0.717, 1.165) is 12.0 Å². The lowest BCUT2D eigenvalue weighted by molar-refractivity contribution is 0.0545. The van der Waals surface area contributed by atoms with E-state index in [2.05, 4.69) is 42.9 Å². The summed E-state index contributed by atoms with van der Waals surface area (Å²) in [5.74, 6) is 0.806. The van der Waals surface area contributed by atoms with E-state index in [0.29, 0.717) is 5.41 Å². The van der Waals surface area contributed by atoms with Gasteiger partial charge in [-0.3, -0.25) is 4.90 Å². The molecule has 2 unspecified atom stereocenters. The monoisotopic (exact) mass is 239 g/mol. The van der Waals surface area contributed by atoms with E-state index >= 15 is 0 Å². The fourth-order valence-electron chi connectivity index (χ4n) is 3.36. The summed E-state index contributed by atoms with van der Waals surface area (Å²) in [5, 5.41) is 3.63. The summed E-state index contributed by atoms with van der Waals surface area (Å²) >= 11 is 0. The molecule has 2 aliphatic rings. The van der Waals surface area contributed by atoms with Crippen molar-refractivity contribution in [2.45, 2.75) is 33.2 Å². The number of piperazine rings is 1. The van der Waals surface area contributed by atoms with Crippen LogP contribution in [0.3, 0.4) is 0 Å².